The number of aliphatic hydroxyl groups excluding tert-OH is 1. The first-order valence-electron chi connectivity index (χ1n) is 6.83. The number of halogens is 1. The van der Waals surface area contributed by atoms with Crippen molar-refractivity contribution in [3.63, 3.8) is 0 Å². The molecule has 0 aliphatic carbocycles. The second-order valence-electron chi connectivity index (χ2n) is 5.23. The molecule has 2 nitrogen and oxygen atoms in total. The minimum Gasteiger partial charge on any atom is -0.387 e. The van der Waals surface area contributed by atoms with Crippen LogP contribution >= 0.6 is 22.6 Å². The Morgan fingerprint density at radius 2 is 1.70 bits per heavy atom. The fourth-order valence-corrected chi connectivity index (χ4v) is 2.58. The molecule has 2 N–H and O–H groups in total. The highest BCUT2D eigenvalue weighted by Gasteiger charge is 2.08. The molecule has 0 spiro atoms. The predicted molar refractivity (Wildman–Crippen MR) is 93.1 cm³/mol. The van der Waals surface area contributed by atoms with Crippen molar-refractivity contribution in [3.8, 4) is 0 Å². The number of hydrogen-bond acceptors (Lipinski definition) is 2. The van der Waals surface area contributed by atoms with Gasteiger partial charge in [0.2, 0.25) is 0 Å². The van der Waals surface area contributed by atoms with Gasteiger partial charge in [0.15, 0.2) is 0 Å². The Labute approximate surface area is 134 Å². The van der Waals surface area contributed by atoms with Crippen LogP contribution in [0.5, 0.6) is 0 Å². The van der Waals surface area contributed by atoms with E-state index in [-0.39, 0.29) is 0 Å². The summed E-state index contributed by atoms with van der Waals surface area (Å²) < 4.78 is 1.18. The Morgan fingerprint density at radius 3 is 2.30 bits per heavy atom. The summed E-state index contributed by atoms with van der Waals surface area (Å²) in [5.74, 6) is 0.519. The second kappa shape index (κ2) is 7.09. The van der Waals surface area contributed by atoms with Gasteiger partial charge in [-0.1, -0.05) is 44.2 Å². The van der Waals surface area contributed by atoms with E-state index in [1.165, 1.54) is 9.13 Å². The van der Waals surface area contributed by atoms with Crippen LogP contribution in [0.1, 0.15) is 37.0 Å². The van der Waals surface area contributed by atoms with Crippen LogP contribution in [-0.4, -0.2) is 11.7 Å². The van der Waals surface area contributed by atoms with Crippen LogP contribution in [0.15, 0.2) is 48.5 Å². The maximum absolute atomic E-state index is 10.2. The van der Waals surface area contributed by atoms with Crippen LogP contribution in [0.25, 0.3) is 0 Å². The summed E-state index contributed by atoms with van der Waals surface area (Å²) >= 11 is 2.28. The molecule has 0 saturated heterocycles. The lowest BCUT2D eigenvalue weighted by Gasteiger charge is -2.14. The number of hydrogen-bond donors (Lipinski definition) is 2. The molecule has 1 atom stereocenters. The van der Waals surface area contributed by atoms with E-state index < -0.39 is 6.10 Å². The van der Waals surface area contributed by atoms with Gasteiger partial charge < -0.3 is 10.4 Å². The van der Waals surface area contributed by atoms with Crippen LogP contribution < -0.4 is 5.32 Å². The Morgan fingerprint density at radius 1 is 1.05 bits per heavy atom. The third-order valence-electron chi connectivity index (χ3n) is 3.31. The Hall–Kier alpha value is -1.07. The van der Waals surface area contributed by atoms with E-state index in [4.69, 9.17) is 0 Å². The predicted octanol–water partition coefficient (Wildman–Crippen LogP) is 4.56. The summed E-state index contributed by atoms with van der Waals surface area (Å²) in [5.41, 5.74) is 3.29. The molecule has 1 unspecified atom stereocenters. The lowest BCUT2D eigenvalue weighted by molar-refractivity contribution is 0.191. The van der Waals surface area contributed by atoms with Crippen molar-refractivity contribution >= 4 is 28.3 Å². The summed E-state index contributed by atoms with van der Waals surface area (Å²) in [6, 6.07) is 16.3. The standard InChI is InChI=1S/C17H20INO/c1-12(2)13-6-8-14(9-7-13)17(20)11-19-16-5-3-4-15(18)10-16/h3-10,12,17,19-20H,11H2,1-2H3. The molecule has 0 aliphatic rings. The van der Waals surface area contributed by atoms with Crippen LogP contribution in [0.2, 0.25) is 0 Å². The van der Waals surface area contributed by atoms with Gasteiger partial charge in [0.1, 0.15) is 0 Å². The van der Waals surface area contributed by atoms with Gasteiger partial charge in [-0.2, -0.15) is 0 Å². The second-order valence-corrected chi connectivity index (χ2v) is 6.47. The van der Waals surface area contributed by atoms with Crippen LogP contribution in [0.3, 0.4) is 0 Å². The smallest absolute Gasteiger partial charge is 0.0962 e. The zero-order valence-electron chi connectivity index (χ0n) is 11.8. The van der Waals surface area contributed by atoms with Gasteiger partial charge in [0.25, 0.3) is 0 Å². The number of aliphatic hydroxyl groups is 1. The number of benzene rings is 2. The maximum atomic E-state index is 10.2. The van der Waals surface area contributed by atoms with Crippen LogP contribution in [0.4, 0.5) is 5.69 Å². The van der Waals surface area contributed by atoms with E-state index in [0.717, 1.165) is 11.3 Å². The third kappa shape index (κ3) is 4.21. The van der Waals surface area contributed by atoms with E-state index in [1.54, 1.807) is 0 Å². The molecule has 0 radical (unpaired) electrons. The van der Waals surface area contributed by atoms with E-state index in [0.29, 0.717) is 12.5 Å². The van der Waals surface area contributed by atoms with Crippen molar-refractivity contribution in [2.24, 2.45) is 0 Å². The Balaban J connectivity index is 1.96. The average molecular weight is 381 g/mol. The minimum atomic E-state index is -0.492. The van der Waals surface area contributed by atoms with E-state index in [2.05, 4.69) is 60.0 Å². The lowest BCUT2D eigenvalue weighted by atomic mass is 10.00. The first kappa shape index (κ1) is 15.3. The van der Waals surface area contributed by atoms with Crippen molar-refractivity contribution < 1.29 is 5.11 Å². The summed E-state index contributed by atoms with van der Waals surface area (Å²) in [6.07, 6.45) is -0.492. The van der Waals surface area contributed by atoms with Crippen molar-refractivity contribution in [1.82, 2.24) is 0 Å². The lowest BCUT2D eigenvalue weighted by Crippen LogP contribution is -2.12. The zero-order chi connectivity index (χ0) is 14.5. The summed E-state index contributed by atoms with van der Waals surface area (Å²) in [6.45, 7) is 4.86. The molecule has 0 amide bonds. The molecule has 2 rings (SSSR count). The number of nitrogens with one attached hydrogen (secondary N) is 1. The van der Waals surface area contributed by atoms with Crippen LogP contribution in [0, 0.1) is 3.57 Å². The highest BCUT2D eigenvalue weighted by Crippen LogP contribution is 2.20. The molecule has 0 fully saturated rings. The van der Waals surface area contributed by atoms with Gasteiger partial charge in [-0.3, -0.25) is 0 Å². The molecule has 0 aromatic heterocycles. The maximum Gasteiger partial charge on any atom is 0.0962 e. The SMILES string of the molecule is CC(C)c1ccc(C(O)CNc2cccc(I)c2)cc1. The summed E-state index contributed by atoms with van der Waals surface area (Å²) in [7, 11) is 0. The highest BCUT2D eigenvalue weighted by atomic mass is 127. The van der Waals surface area contributed by atoms with E-state index in [9.17, 15) is 5.11 Å². The highest BCUT2D eigenvalue weighted by molar-refractivity contribution is 14.1. The average Bonchev–Trinajstić information content (AvgIpc) is 2.45. The third-order valence-corrected chi connectivity index (χ3v) is 3.98. The molecular weight excluding hydrogens is 361 g/mol. The minimum absolute atomic E-state index is 0.492. The molecule has 0 bridgehead atoms. The van der Waals surface area contributed by atoms with Gasteiger partial charge in [-0.25, -0.2) is 0 Å². The van der Waals surface area contributed by atoms with Crippen molar-refractivity contribution in [2.75, 3.05) is 11.9 Å². The van der Waals surface area contributed by atoms with E-state index in [1.807, 2.05) is 30.3 Å². The van der Waals surface area contributed by atoms with Gasteiger partial charge >= 0.3 is 0 Å². The monoisotopic (exact) mass is 381 g/mol. The molecule has 2 aromatic carbocycles. The molecule has 2 aromatic rings. The fraction of sp³-hybridized carbons (Fsp3) is 0.294. The van der Waals surface area contributed by atoms with Crippen LogP contribution in [-0.2, 0) is 0 Å². The van der Waals surface area contributed by atoms with Gasteiger partial charge in [0.05, 0.1) is 6.10 Å². The van der Waals surface area contributed by atoms with Crippen molar-refractivity contribution in [2.45, 2.75) is 25.9 Å². The molecule has 106 valence electrons. The first-order valence-corrected chi connectivity index (χ1v) is 7.91. The molecular formula is C17H20INO. The van der Waals surface area contributed by atoms with Gasteiger partial charge in [0, 0.05) is 15.8 Å². The van der Waals surface area contributed by atoms with Gasteiger partial charge in [-0.05, 0) is 57.8 Å². The molecule has 0 aliphatic heterocycles. The Kier molecular flexibility index (Phi) is 5.43. The molecule has 0 saturated carbocycles. The zero-order valence-corrected chi connectivity index (χ0v) is 14.0. The topological polar surface area (TPSA) is 32.3 Å². The van der Waals surface area contributed by atoms with Gasteiger partial charge in [-0.15, -0.1) is 0 Å². The quantitative estimate of drug-likeness (QED) is 0.745. The fourth-order valence-electron chi connectivity index (χ4n) is 2.03. The Bertz CT molecular complexity index is 551. The first-order chi connectivity index (χ1) is 9.56. The van der Waals surface area contributed by atoms with Crippen molar-refractivity contribution in [1.29, 1.82) is 0 Å². The summed E-state index contributed by atoms with van der Waals surface area (Å²) in [4.78, 5) is 0. The molecule has 3 heteroatoms. The van der Waals surface area contributed by atoms with E-state index >= 15 is 0 Å². The molecule has 20 heavy (non-hydrogen) atoms. The molecule has 0 heterocycles. The largest absolute Gasteiger partial charge is 0.387 e. The summed E-state index contributed by atoms with van der Waals surface area (Å²) in [5, 5.41) is 13.5. The number of rotatable bonds is 5. The normalized spacial score (nSPS) is 12.4. The number of anilines is 1. The van der Waals surface area contributed by atoms with Crippen molar-refractivity contribution in [3.05, 3.63) is 63.2 Å².